The van der Waals surface area contributed by atoms with E-state index < -0.39 is 12.1 Å². The minimum atomic E-state index is -0.551. The lowest BCUT2D eigenvalue weighted by Gasteiger charge is -2.22. The molecule has 0 saturated heterocycles. The monoisotopic (exact) mass is 512 g/mol. The van der Waals surface area contributed by atoms with Crippen molar-refractivity contribution in [2.24, 2.45) is 11.8 Å². The largest absolute Gasteiger partial charge is 0.493 e. The second kappa shape index (κ2) is 14.5. The fourth-order valence-electron chi connectivity index (χ4n) is 4.21. The van der Waals surface area contributed by atoms with E-state index in [2.05, 4.69) is 12.7 Å². The summed E-state index contributed by atoms with van der Waals surface area (Å²) in [5, 5.41) is 10.4. The molecule has 6 nitrogen and oxygen atoms in total. The number of esters is 2. The van der Waals surface area contributed by atoms with Crippen molar-refractivity contribution in [3.63, 3.8) is 0 Å². The van der Waals surface area contributed by atoms with Crippen LogP contribution in [0, 0.1) is 11.8 Å². The highest BCUT2D eigenvalue weighted by Crippen LogP contribution is 2.39. The first-order valence-electron chi connectivity index (χ1n) is 12.2. The van der Waals surface area contributed by atoms with E-state index in [-0.39, 0.29) is 29.8 Å². The number of alkyl halides is 1. The molecule has 0 bridgehead atoms. The van der Waals surface area contributed by atoms with Crippen LogP contribution in [0.5, 0.6) is 11.5 Å². The molecule has 1 aliphatic carbocycles. The highest BCUT2D eigenvalue weighted by molar-refractivity contribution is 6.21. The van der Waals surface area contributed by atoms with Gasteiger partial charge in [0.1, 0.15) is 18.1 Å². The van der Waals surface area contributed by atoms with Crippen molar-refractivity contribution in [2.45, 2.75) is 43.6 Å². The van der Waals surface area contributed by atoms with E-state index >= 15 is 0 Å². The fourth-order valence-corrected chi connectivity index (χ4v) is 4.68. The van der Waals surface area contributed by atoms with Crippen LogP contribution in [-0.2, 0) is 9.53 Å². The van der Waals surface area contributed by atoms with Crippen molar-refractivity contribution in [1.29, 1.82) is 0 Å². The van der Waals surface area contributed by atoms with Gasteiger partial charge in [-0.25, -0.2) is 4.79 Å². The molecular formula is C29H33ClO6. The van der Waals surface area contributed by atoms with Gasteiger partial charge >= 0.3 is 11.9 Å². The second-order valence-corrected chi connectivity index (χ2v) is 9.32. The van der Waals surface area contributed by atoms with E-state index in [0.29, 0.717) is 42.9 Å². The van der Waals surface area contributed by atoms with Crippen molar-refractivity contribution < 1.29 is 28.9 Å². The van der Waals surface area contributed by atoms with E-state index in [1.165, 1.54) is 0 Å². The Balaban J connectivity index is 1.48. The number of unbranched alkanes of at least 4 members (excludes halogenated alkanes) is 1. The lowest BCUT2D eigenvalue weighted by Crippen LogP contribution is -2.27. The van der Waals surface area contributed by atoms with Crippen LogP contribution in [0.1, 0.15) is 42.5 Å². The van der Waals surface area contributed by atoms with Gasteiger partial charge in [-0.3, -0.25) is 4.79 Å². The number of allylic oxidation sites excluding steroid dienone is 2. The average Bonchev–Trinajstić information content (AvgIpc) is 3.15. The normalized spacial score (nSPS) is 21.3. The lowest BCUT2D eigenvalue weighted by molar-refractivity contribution is -0.142. The van der Waals surface area contributed by atoms with Crippen LogP contribution in [0.15, 0.2) is 79.4 Å². The molecule has 0 unspecified atom stereocenters. The summed E-state index contributed by atoms with van der Waals surface area (Å²) >= 11 is 6.54. The SMILES string of the molecule is C=CCOC(=O)CCC/C=C\C[C@@H]1[C@@H](COc2cccc(OC(=O)c3ccccc3)c2)[C@H](O)C[C@H]1Cl. The number of aliphatic hydroxyl groups excluding tert-OH is 1. The highest BCUT2D eigenvalue weighted by Gasteiger charge is 2.41. The zero-order valence-electron chi connectivity index (χ0n) is 20.3. The minimum Gasteiger partial charge on any atom is -0.493 e. The van der Waals surface area contributed by atoms with E-state index in [1.807, 2.05) is 12.1 Å². The molecule has 0 heterocycles. The molecule has 1 N–H and O–H groups in total. The Hall–Kier alpha value is -3.09. The number of carbonyl (C=O) groups excluding carboxylic acids is 2. The smallest absolute Gasteiger partial charge is 0.343 e. The molecule has 7 heteroatoms. The molecule has 1 saturated carbocycles. The third kappa shape index (κ3) is 8.54. The molecule has 3 rings (SSSR count). The first kappa shape index (κ1) is 27.5. The Morgan fingerprint density at radius 3 is 2.61 bits per heavy atom. The van der Waals surface area contributed by atoms with Crippen LogP contribution in [0.3, 0.4) is 0 Å². The van der Waals surface area contributed by atoms with Gasteiger partial charge in [0.15, 0.2) is 0 Å². The molecule has 36 heavy (non-hydrogen) atoms. The van der Waals surface area contributed by atoms with Gasteiger partial charge in [0.2, 0.25) is 0 Å². The predicted octanol–water partition coefficient (Wildman–Crippen LogP) is 5.73. The zero-order valence-corrected chi connectivity index (χ0v) is 21.0. The van der Waals surface area contributed by atoms with Crippen LogP contribution in [0.25, 0.3) is 0 Å². The molecule has 192 valence electrons. The maximum absolute atomic E-state index is 12.3. The zero-order chi connectivity index (χ0) is 25.8. The molecule has 0 spiro atoms. The number of carbonyl (C=O) groups is 2. The summed E-state index contributed by atoms with van der Waals surface area (Å²) in [4.78, 5) is 23.8. The topological polar surface area (TPSA) is 82.1 Å². The lowest BCUT2D eigenvalue weighted by atomic mass is 9.92. The molecule has 0 radical (unpaired) electrons. The Kier molecular flexibility index (Phi) is 11.0. The molecule has 0 amide bonds. The van der Waals surface area contributed by atoms with Gasteiger partial charge in [-0.1, -0.05) is 49.1 Å². The van der Waals surface area contributed by atoms with Crippen molar-refractivity contribution in [3.05, 3.63) is 85.0 Å². The number of ether oxygens (including phenoxy) is 3. The van der Waals surface area contributed by atoms with Gasteiger partial charge in [0.25, 0.3) is 0 Å². The molecule has 4 atom stereocenters. The number of aliphatic hydroxyl groups is 1. The maximum atomic E-state index is 12.3. The van der Waals surface area contributed by atoms with Gasteiger partial charge in [-0.05, 0) is 55.9 Å². The third-order valence-electron chi connectivity index (χ3n) is 6.13. The number of benzene rings is 2. The van der Waals surface area contributed by atoms with Gasteiger partial charge in [0.05, 0.1) is 18.3 Å². The molecule has 2 aromatic rings. The first-order chi connectivity index (χ1) is 17.5. The van der Waals surface area contributed by atoms with Crippen LogP contribution in [0.4, 0.5) is 0 Å². The fraction of sp³-hybridized carbons (Fsp3) is 0.379. The molecule has 1 aliphatic rings. The van der Waals surface area contributed by atoms with Crippen LogP contribution in [-0.4, -0.2) is 41.7 Å². The van der Waals surface area contributed by atoms with Crippen LogP contribution < -0.4 is 9.47 Å². The third-order valence-corrected chi connectivity index (χ3v) is 6.63. The van der Waals surface area contributed by atoms with E-state index in [0.717, 1.165) is 12.8 Å². The summed E-state index contributed by atoms with van der Waals surface area (Å²) in [6, 6.07) is 15.7. The average molecular weight is 513 g/mol. The molecule has 0 aromatic heterocycles. The minimum absolute atomic E-state index is 0.0644. The number of hydrogen-bond donors (Lipinski definition) is 1. The number of hydrogen-bond acceptors (Lipinski definition) is 6. The maximum Gasteiger partial charge on any atom is 0.343 e. The summed E-state index contributed by atoms with van der Waals surface area (Å²) in [6.45, 7) is 4.06. The molecule has 2 aromatic carbocycles. The quantitative estimate of drug-likeness (QED) is 0.121. The summed E-state index contributed by atoms with van der Waals surface area (Å²) in [7, 11) is 0. The highest BCUT2D eigenvalue weighted by atomic mass is 35.5. The Labute approximate surface area is 217 Å². The van der Waals surface area contributed by atoms with Gasteiger partial charge < -0.3 is 19.3 Å². The summed E-state index contributed by atoms with van der Waals surface area (Å²) in [6.07, 6.45) is 8.17. The Morgan fingerprint density at radius 1 is 1.06 bits per heavy atom. The molecular weight excluding hydrogens is 480 g/mol. The second-order valence-electron chi connectivity index (χ2n) is 8.76. The number of halogens is 1. The van der Waals surface area contributed by atoms with E-state index in [9.17, 15) is 14.7 Å². The summed E-state index contributed by atoms with van der Waals surface area (Å²) in [5.41, 5.74) is 0.467. The van der Waals surface area contributed by atoms with Gasteiger partial charge in [-0.15, -0.1) is 11.6 Å². The standard InChI is InChI=1S/C29H33ClO6/c1-2-17-34-28(32)16-9-4-3-8-15-24-25(27(31)19-26(24)30)20-35-22-13-10-14-23(18-22)36-29(33)21-11-6-5-7-12-21/h2-3,5-8,10-14,18,24-27,31H,1,4,9,15-17,19-20H2/b8-3-/t24-,25-,26-,27-/m1/s1. The van der Waals surface area contributed by atoms with Gasteiger partial charge in [0, 0.05) is 23.8 Å². The summed E-state index contributed by atoms with van der Waals surface area (Å²) < 4.78 is 16.4. The van der Waals surface area contributed by atoms with Crippen molar-refractivity contribution >= 4 is 23.5 Å². The Morgan fingerprint density at radius 2 is 1.83 bits per heavy atom. The van der Waals surface area contributed by atoms with Gasteiger partial charge in [-0.2, -0.15) is 0 Å². The van der Waals surface area contributed by atoms with Crippen molar-refractivity contribution in [1.82, 2.24) is 0 Å². The number of rotatable bonds is 13. The Bertz CT molecular complexity index is 1020. The van der Waals surface area contributed by atoms with Crippen LogP contribution >= 0.6 is 11.6 Å². The summed E-state index contributed by atoms with van der Waals surface area (Å²) in [5.74, 6) is 0.215. The van der Waals surface area contributed by atoms with E-state index in [4.69, 9.17) is 25.8 Å². The first-order valence-corrected chi connectivity index (χ1v) is 12.6. The van der Waals surface area contributed by atoms with Crippen LogP contribution in [0.2, 0.25) is 0 Å². The van der Waals surface area contributed by atoms with E-state index in [1.54, 1.807) is 54.6 Å². The van der Waals surface area contributed by atoms with Crippen molar-refractivity contribution in [3.8, 4) is 11.5 Å². The molecule has 1 fully saturated rings. The molecule has 0 aliphatic heterocycles. The predicted molar refractivity (Wildman–Crippen MR) is 139 cm³/mol. The van der Waals surface area contributed by atoms with Crippen molar-refractivity contribution in [2.75, 3.05) is 13.2 Å².